The van der Waals surface area contributed by atoms with Crippen molar-refractivity contribution in [2.75, 3.05) is 17.7 Å². The van der Waals surface area contributed by atoms with E-state index in [2.05, 4.69) is 4.98 Å². The van der Waals surface area contributed by atoms with E-state index in [9.17, 15) is 9.90 Å². The number of nitrogens with zero attached hydrogens (tertiary/aromatic N) is 3. The molecule has 0 saturated heterocycles. The number of carbonyl (C=O) groups is 1. The van der Waals surface area contributed by atoms with Crippen molar-refractivity contribution >= 4 is 23.4 Å². The molecular weight excluding hydrogens is 286 g/mol. The Bertz CT molecular complexity index is 640. The fraction of sp³-hybridized carbons (Fsp3) is 0.333. The topological polar surface area (TPSA) is 58.4 Å². The van der Waals surface area contributed by atoms with Crippen LogP contribution in [0.2, 0.25) is 0 Å². The lowest BCUT2D eigenvalue weighted by atomic mass is 10.1. The lowest BCUT2D eigenvalue weighted by Crippen LogP contribution is -2.21. The number of carboxylic acid groups (broad SMARTS) is 1. The van der Waals surface area contributed by atoms with Gasteiger partial charge in [-0.3, -0.25) is 0 Å². The van der Waals surface area contributed by atoms with Crippen LogP contribution in [0.15, 0.2) is 35.5 Å². The third-order valence-electron chi connectivity index (χ3n) is 3.23. The van der Waals surface area contributed by atoms with Crippen molar-refractivity contribution in [2.24, 2.45) is 7.05 Å². The highest BCUT2D eigenvalue weighted by Crippen LogP contribution is 2.31. The van der Waals surface area contributed by atoms with Crippen molar-refractivity contribution in [2.45, 2.75) is 18.4 Å². The van der Waals surface area contributed by atoms with E-state index >= 15 is 0 Å². The van der Waals surface area contributed by atoms with Crippen molar-refractivity contribution in [3.8, 4) is 0 Å². The zero-order valence-electron chi connectivity index (χ0n) is 12.4. The summed E-state index contributed by atoms with van der Waals surface area (Å²) in [7, 11) is 3.81. The molecule has 0 atom stereocenters. The van der Waals surface area contributed by atoms with Crippen LogP contribution >= 0.6 is 11.8 Å². The molecule has 1 aromatic carbocycles. The molecule has 0 saturated carbocycles. The molecule has 2 aromatic rings. The van der Waals surface area contributed by atoms with Crippen molar-refractivity contribution in [3.05, 3.63) is 42.0 Å². The molecule has 0 aliphatic rings. The summed E-state index contributed by atoms with van der Waals surface area (Å²) in [6, 6.07) is 5.59. The normalized spacial score (nSPS) is 10.6. The summed E-state index contributed by atoms with van der Waals surface area (Å²) in [5.74, 6) is 0.836. The zero-order valence-corrected chi connectivity index (χ0v) is 13.2. The van der Waals surface area contributed by atoms with E-state index in [1.54, 1.807) is 18.0 Å². The third kappa shape index (κ3) is 3.39. The highest BCUT2D eigenvalue weighted by molar-refractivity contribution is 7.99. The number of aromatic carboxylic acids is 1. The first-order chi connectivity index (χ1) is 10.0. The van der Waals surface area contributed by atoms with E-state index < -0.39 is 5.97 Å². The van der Waals surface area contributed by atoms with Gasteiger partial charge in [-0.05, 0) is 17.9 Å². The van der Waals surface area contributed by atoms with Gasteiger partial charge in [0, 0.05) is 31.4 Å². The van der Waals surface area contributed by atoms with Gasteiger partial charge in [0.05, 0.1) is 17.8 Å². The smallest absolute Gasteiger partial charge is 0.338 e. The molecule has 0 bridgehead atoms. The minimum Gasteiger partial charge on any atom is -0.478 e. The number of anilines is 1. The Kier molecular flexibility index (Phi) is 4.90. The Labute approximate surface area is 128 Å². The second-order valence-corrected chi connectivity index (χ2v) is 6.00. The quantitative estimate of drug-likeness (QED) is 0.832. The summed E-state index contributed by atoms with van der Waals surface area (Å²) in [6.07, 6.45) is 3.62. The first kappa shape index (κ1) is 15.4. The number of carboxylic acids is 1. The Morgan fingerprint density at radius 3 is 2.81 bits per heavy atom. The number of imidazole rings is 1. The Hall–Kier alpha value is -1.95. The van der Waals surface area contributed by atoms with Crippen molar-refractivity contribution in [1.82, 2.24) is 9.55 Å². The summed E-state index contributed by atoms with van der Waals surface area (Å²) in [5.41, 5.74) is 1.07. The molecule has 1 heterocycles. The van der Waals surface area contributed by atoms with Crippen molar-refractivity contribution in [1.29, 1.82) is 0 Å². The first-order valence-electron chi connectivity index (χ1n) is 6.71. The van der Waals surface area contributed by atoms with Gasteiger partial charge < -0.3 is 14.6 Å². The fourth-order valence-electron chi connectivity index (χ4n) is 2.17. The van der Waals surface area contributed by atoms with Crippen molar-refractivity contribution < 1.29 is 9.90 Å². The minimum absolute atomic E-state index is 0.362. The fourth-order valence-corrected chi connectivity index (χ4v) is 3.00. The lowest BCUT2D eigenvalue weighted by Gasteiger charge is -2.22. The molecule has 2 rings (SSSR count). The van der Waals surface area contributed by atoms with E-state index in [0.29, 0.717) is 17.8 Å². The van der Waals surface area contributed by atoms with Crippen LogP contribution < -0.4 is 4.90 Å². The van der Waals surface area contributed by atoms with Gasteiger partial charge >= 0.3 is 5.97 Å². The van der Waals surface area contributed by atoms with Crippen LogP contribution in [0.4, 0.5) is 5.69 Å². The van der Waals surface area contributed by atoms with E-state index in [4.69, 9.17) is 0 Å². The summed E-state index contributed by atoms with van der Waals surface area (Å²) < 4.78 is 1.93. The van der Waals surface area contributed by atoms with E-state index in [0.717, 1.165) is 16.5 Å². The molecule has 1 N–H and O–H groups in total. The van der Waals surface area contributed by atoms with Crippen LogP contribution in [0.3, 0.4) is 0 Å². The third-order valence-corrected chi connectivity index (χ3v) is 4.17. The summed E-state index contributed by atoms with van der Waals surface area (Å²) in [5, 5.41) is 9.54. The van der Waals surface area contributed by atoms with Gasteiger partial charge in [0.1, 0.15) is 5.82 Å². The monoisotopic (exact) mass is 305 g/mol. The highest BCUT2D eigenvalue weighted by atomic mass is 32.2. The molecule has 0 aliphatic carbocycles. The number of rotatable bonds is 6. The van der Waals surface area contributed by atoms with Crippen LogP contribution in [0.5, 0.6) is 0 Å². The average Bonchev–Trinajstić information content (AvgIpc) is 2.84. The minimum atomic E-state index is -0.895. The molecule has 0 radical (unpaired) electrons. The van der Waals surface area contributed by atoms with Crippen LogP contribution in [-0.2, 0) is 13.6 Å². The molecule has 5 nitrogen and oxygen atoms in total. The van der Waals surface area contributed by atoms with Crippen molar-refractivity contribution in [3.63, 3.8) is 0 Å². The number of aromatic nitrogens is 2. The van der Waals surface area contributed by atoms with Crippen LogP contribution in [0.1, 0.15) is 23.1 Å². The van der Waals surface area contributed by atoms with Crippen LogP contribution in [0, 0.1) is 0 Å². The van der Waals surface area contributed by atoms with Gasteiger partial charge in [-0.25, -0.2) is 9.78 Å². The number of thioether (sulfide) groups is 1. The summed E-state index contributed by atoms with van der Waals surface area (Å²) in [4.78, 5) is 18.6. The number of hydrogen-bond donors (Lipinski definition) is 1. The SMILES string of the molecule is CCSc1cccc(N(C)Cc2nccn2C)c1C(=O)O. The maximum atomic E-state index is 11.6. The van der Waals surface area contributed by atoms with E-state index in [-0.39, 0.29) is 0 Å². The molecule has 0 fully saturated rings. The molecular formula is C15H19N3O2S. The van der Waals surface area contributed by atoms with E-state index in [1.165, 1.54) is 0 Å². The maximum absolute atomic E-state index is 11.6. The summed E-state index contributed by atoms with van der Waals surface area (Å²) in [6.45, 7) is 2.57. The first-order valence-corrected chi connectivity index (χ1v) is 7.69. The molecule has 0 aliphatic heterocycles. The number of aryl methyl sites for hydroxylation is 1. The van der Waals surface area contributed by atoms with E-state index in [1.807, 2.05) is 54.9 Å². The molecule has 0 amide bonds. The maximum Gasteiger partial charge on any atom is 0.338 e. The molecule has 0 spiro atoms. The Morgan fingerprint density at radius 1 is 1.48 bits per heavy atom. The standard InChI is InChI=1S/C15H19N3O2S/c1-4-21-12-7-5-6-11(14(12)15(19)20)18(3)10-13-16-8-9-17(13)2/h5-9H,4,10H2,1-3H3,(H,19,20). The van der Waals surface area contributed by atoms with Gasteiger partial charge in [0.15, 0.2) is 0 Å². The van der Waals surface area contributed by atoms with Gasteiger partial charge in [-0.2, -0.15) is 0 Å². The predicted octanol–water partition coefficient (Wildman–Crippen LogP) is 2.87. The molecule has 1 aromatic heterocycles. The number of benzene rings is 1. The van der Waals surface area contributed by atoms with Gasteiger partial charge in [0.2, 0.25) is 0 Å². The average molecular weight is 305 g/mol. The summed E-state index contributed by atoms with van der Waals surface area (Å²) >= 11 is 1.54. The zero-order chi connectivity index (χ0) is 15.4. The lowest BCUT2D eigenvalue weighted by molar-refractivity contribution is 0.0694. The van der Waals surface area contributed by atoms with Crippen LogP contribution in [0.25, 0.3) is 0 Å². The number of hydrogen-bond acceptors (Lipinski definition) is 4. The predicted molar refractivity (Wildman–Crippen MR) is 85.1 cm³/mol. The van der Waals surface area contributed by atoms with Gasteiger partial charge in [-0.15, -0.1) is 11.8 Å². The molecule has 0 unspecified atom stereocenters. The van der Waals surface area contributed by atoms with Crippen LogP contribution in [-0.4, -0.2) is 33.4 Å². The largest absolute Gasteiger partial charge is 0.478 e. The van der Waals surface area contributed by atoms with Gasteiger partial charge in [0.25, 0.3) is 0 Å². The second-order valence-electron chi connectivity index (χ2n) is 4.70. The second kappa shape index (κ2) is 6.67. The molecule has 112 valence electrons. The highest BCUT2D eigenvalue weighted by Gasteiger charge is 2.19. The Morgan fingerprint density at radius 2 is 2.24 bits per heavy atom. The molecule has 21 heavy (non-hydrogen) atoms. The molecule has 6 heteroatoms. The Balaban J connectivity index is 2.36. The van der Waals surface area contributed by atoms with Gasteiger partial charge in [-0.1, -0.05) is 13.0 Å².